The molecular weight excluding hydrogens is 452 g/mol. The molecule has 0 unspecified atom stereocenters. The van der Waals surface area contributed by atoms with Crippen molar-refractivity contribution in [1.29, 1.82) is 0 Å². The monoisotopic (exact) mass is 470 g/mol. The van der Waals surface area contributed by atoms with Crippen LogP contribution in [0, 0.1) is 0 Å². The van der Waals surface area contributed by atoms with Gasteiger partial charge in [-0.25, -0.2) is 8.42 Å². The molecule has 0 radical (unpaired) electrons. The highest BCUT2D eigenvalue weighted by Gasteiger charge is 2.15. The molecule has 0 aliphatic rings. The Balaban J connectivity index is 1.32. The van der Waals surface area contributed by atoms with E-state index in [0.29, 0.717) is 23.6 Å². The number of thioether (sulfide) groups is 1. The van der Waals surface area contributed by atoms with Crippen LogP contribution < -0.4 is 10.0 Å². The fraction of sp³-hybridized carbons (Fsp3) is 0.0952. The Kier molecular flexibility index (Phi) is 6.57. The summed E-state index contributed by atoms with van der Waals surface area (Å²) in [6, 6.07) is 18.2. The van der Waals surface area contributed by atoms with E-state index in [2.05, 4.69) is 20.2 Å². The van der Waals surface area contributed by atoms with Crippen molar-refractivity contribution in [2.45, 2.75) is 16.7 Å². The highest BCUT2D eigenvalue weighted by molar-refractivity contribution is 7.99. The summed E-state index contributed by atoms with van der Waals surface area (Å²) in [4.78, 5) is 12.1. The topological polar surface area (TPSA) is 127 Å². The molecule has 164 valence electrons. The number of rotatable bonds is 9. The fourth-order valence-corrected chi connectivity index (χ4v) is 4.33. The summed E-state index contributed by atoms with van der Waals surface area (Å²) in [6.07, 6.45) is 1.54. The van der Waals surface area contributed by atoms with Crippen LogP contribution in [0.5, 0.6) is 0 Å². The predicted octanol–water partition coefficient (Wildman–Crippen LogP) is 3.54. The largest absolute Gasteiger partial charge is 0.467 e. The smallest absolute Gasteiger partial charge is 0.277 e. The van der Waals surface area contributed by atoms with Gasteiger partial charge in [0.15, 0.2) is 0 Å². The van der Waals surface area contributed by atoms with Gasteiger partial charge in [0.2, 0.25) is 11.8 Å². The molecule has 0 atom stereocenters. The van der Waals surface area contributed by atoms with E-state index in [9.17, 15) is 13.2 Å². The van der Waals surface area contributed by atoms with Crippen LogP contribution >= 0.6 is 11.8 Å². The Morgan fingerprint density at radius 2 is 1.75 bits per heavy atom. The molecule has 0 aliphatic carbocycles. The van der Waals surface area contributed by atoms with Crippen molar-refractivity contribution in [3.05, 3.63) is 78.8 Å². The van der Waals surface area contributed by atoms with E-state index in [1.54, 1.807) is 60.9 Å². The molecule has 2 aromatic carbocycles. The first-order valence-electron chi connectivity index (χ1n) is 9.43. The van der Waals surface area contributed by atoms with Crippen LogP contribution in [0.1, 0.15) is 5.76 Å². The number of hydrogen-bond donors (Lipinski definition) is 2. The zero-order chi connectivity index (χ0) is 22.4. The van der Waals surface area contributed by atoms with Gasteiger partial charge in [-0.05, 0) is 48.5 Å². The SMILES string of the molecule is O=C(CSc1nnc(-c2ccc(NS(=O)(=O)c3ccccc3)cc2)o1)NCc1ccco1. The molecule has 0 spiro atoms. The van der Waals surface area contributed by atoms with Crippen molar-refractivity contribution in [3.8, 4) is 11.5 Å². The molecule has 2 aromatic heterocycles. The van der Waals surface area contributed by atoms with Crippen molar-refractivity contribution < 1.29 is 22.0 Å². The molecule has 0 aliphatic heterocycles. The van der Waals surface area contributed by atoms with Crippen molar-refractivity contribution in [3.63, 3.8) is 0 Å². The minimum atomic E-state index is -3.67. The second-order valence-corrected chi connectivity index (χ2v) is 9.12. The first-order valence-corrected chi connectivity index (χ1v) is 11.9. The number of furan rings is 1. The molecule has 2 N–H and O–H groups in total. The van der Waals surface area contributed by atoms with Crippen LogP contribution in [0.15, 0.2) is 91.9 Å². The average molecular weight is 471 g/mol. The lowest BCUT2D eigenvalue weighted by Crippen LogP contribution is -2.24. The zero-order valence-corrected chi connectivity index (χ0v) is 18.2. The molecule has 32 heavy (non-hydrogen) atoms. The third-order valence-corrected chi connectivity index (χ3v) is 6.43. The van der Waals surface area contributed by atoms with Crippen molar-refractivity contribution >= 4 is 33.4 Å². The summed E-state index contributed by atoms with van der Waals surface area (Å²) < 4.78 is 38.1. The van der Waals surface area contributed by atoms with E-state index in [4.69, 9.17) is 8.83 Å². The second kappa shape index (κ2) is 9.71. The number of carbonyl (C=O) groups excluding carboxylic acids is 1. The summed E-state index contributed by atoms with van der Waals surface area (Å²) in [5.74, 6) is 0.850. The number of amides is 1. The molecule has 4 rings (SSSR count). The molecule has 1 amide bonds. The van der Waals surface area contributed by atoms with Gasteiger partial charge in [0, 0.05) is 11.3 Å². The predicted molar refractivity (Wildman–Crippen MR) is 118 cm³/mol. The minimum absolute atomic E-state index is 0.114. The number of carbonyl (C=O) groups is 1. The molecule has 2 heterocycles. The van der Waals surface area contributed by atoms with Crippen LogP contribution in [0.3, 0.4) is 0 Å². The first kappa shape index (κ1) is 21.7. The molecule has 4 aromatic rings. The lowest BCUT2D eigenvalue weighted by molar-refractivity contribution is -0.118. The van der Waals surface area contributed by atoms with Gasteiger partial charge in [-0.2, -0.15) is 0 Å². The van der Waals surface area contributed by atoms with E-state index >= 15 is 0 Å². The van der Waals surface area contributed by atoms with Gasteiger partial charge in [-0.15, -0.1) is 10.2 Å². The molecule has 11 heteroatoms. The zero-order valence-electron chi connectivity index (χ0n) is 16.6. The van der Waals surface area contributed by atoms with Gasteiger partial charge < -0.3 is 14.2 Å². The Morgan fingerprint density at radius 3 is 2.47 bits per heavy atom. The summed E-state index contributed by atoms with van der Waals surface area (Å²) in [6.45, 7) is 0.307. The molecule has 0 saturated heterocycles. The molecular formula is C21H18N4O5S2. The quantitative estimate of drug-likeness (QED) is 0.356. The first-order chi connectivity index (χ1) is 15.5. The number of benzene rings is 2. The number of anilines is 1. The maximum atomic E-state index is 12.4. The van der Waals surface area contributed by atoms with Crippen molar-refractivity contribution in [1.82, 2.24) is 15.5 Å². The van der Waals surface area contributed by atoms with Crippen LogP contribution in [0.4, 0.5) is 5.69 Å². The van der Waals surface area contributed by atoms with E-state index in [1.165, 1.54) is 12.1 Å². The molecule has 0 bridgehead atoms. The van der Waals surface area contributed by atoms with E-state index in [1.807, 2.05) is 0 Å². The van der Waals surface area contributed by atoms with Gasteiger partial charge in [0.25, 0.3) is 15.2 Å². The number of nitrogens with one attached hydrogen (secondary N) is 2. The third-order valence-electron chi connectivity index (χ3n) is 4.21. The molecule has 9 nitrogen and oxygen atoms in total. The third kappa shape index (κ3) is 5.56. The van der Waals surface area contributed by atoms with Crippen LogP contribution in [0.2, 0.25) is 0 Å². The number of sulfonamides is 1. The normalized spacial score (nSPS) is 11.2. The summed E-state index contributed by atoms with van der Waals surface area (Å²) in [7, 11) is -3.67. The Morgan fingerprint density at radius 1 is 0.969 bits per heavy atom. The number of nitrogens with zero attached hydrogens (tertiary/aromatic N) is 2. The maximum absolute atomic E-state index is 12.4. The van der Waals surface area contributed by atoms with Gasteiger partial charge in [0.05, 0.1) is 23.5 Å². The Bertz CT molecular complexity index is 1270. The van der Waals surface area contributed by atoms with E-state index in [-0.39, 0.29) is 27.7 Å². The van der Waals surface area contributed by atoms with E-state index in [0.717, 1.165) is 11.8 Å². The standard InChI is InChI=1S/C21H18N4O5S2/c26-19(22-13-17-5-4-12-29-17)14-31-21-24-23-20(30-21)15-8-10-16(11-9-15)25-32(27,28)18-6-2-1-3-7-18/h1-12,25H,13-14H2,(H,22,26). The lowest BCUT2D eigenvalue weighted by atomic mass is 10.2. The van der Waals surface area contributed by atoms with Gasteiger partial charge >= 0.3 is 0 Å². The number of hydrogen-bond acceptors (Lipinski definition) is 8. The van der Waals surface area contributed by atoms with Gasteiger partial charge in [0.1, 0.15) is 5.76 Å². The fourth-order valence-electron chi connectivity index (χ4n) is 2.66. The van der Waals surface area contributed by atoms with E-state index < -0.39 is 10.0 Å². The van der Waals surface area contributed by atoms with Crippen LogP contribution in [-0.4, -0.2) is 30.3 Å². The highest BCUT2D eigenvalue weighted by Crippen LogP contribution is 2.25. The molecule has 0 saturated carbocycles. The van der Waals surface area contributed by atoms with Gasteiger partial charge in [-0.3, -0.25) is 9.52 Å². The summed E-state index contributed by atoms with van der Waals surface area (Å²) in [5.41, 5.74) is 1.02. The minimum Gasteiger partial charge on any atom is -0.467 e. The number of aromatic nitrogens is 2. The molecule has 0 fully saturated rings. The van der Waals surface area contributed by atoms with Crippen LogP contribution in [-0.2, 0) is 21.4 Å². The lowest BCUT2D eigenvalue weighted by Gasteiger charge is -2.08. The Labute approximate surface area is 188 Å². The summed E-state index contributed by atoms with van der Waals surface area (Å²) >= 11 is 1.12. The second-order valence-electron chi connectivity index (χ2n) is 6.51. The van der Waals surface area contributed by atoms with Crippen molar-refractivity contribution in [2.75, 3.05) is 10.5 Å². The van der Waals surface area contributed by atoms with Crippen LogP contribution in [0.25, 0.3) is 11.5 Å². The average Bonchev–Trinajstić information content (AvgIpc) is 3.49. The maximum Gasteiger partial charge on any atom is 0.277 e. The Hall–Kier alpha value is -3.57. The summed E-state index contributed by atoms with van der Waals surface area (Å²) in [5, 5.41) is 10.9. The highest BCUT2D eigenvalue weighted by atomic mass is 32.2. The van der Waals surface area contributed by atoms with Crippen molar-refractivity contribution in [2.24, 2.45) is 0 Å². The van der Waals surface area contributed by atoms with Gasteiger partial charge in [-0.1, -0.05) is 30.0 Å².